The van der Waals surface area contributed by atoms with Gasteiger partial charge in [-0.05, 0) is 6.08 Å². The summed E-state index contributed by atoms with van der Waals surface area (Å²) >= 11 is 0. The van der Waals surface area contributed by atoms with Gasteiger partial charge in [-0.15, -0.1) is 0 Å². The second-order valence-corrected chi connectivity index (χ2v) is 2.34. The van der Waals surface area contributed by atoms with Gasteiger partial charge in [0.05, 0.1) is 11.3 Å². The number of hydrogen-bond donors (Lipinski definition) is 2. The van der Waals surface area contributed by atoms with Crippen LogP contribution in [0.25, 0.3) is 12.2 Å². The molecule has 0 atom stereocenters. The van der Waals surface area contributed by atoms with Crippen molar-refractivity contribution < 1.29 is 0 Å². The summed E-state index contributed by atoms with van der Waals surface area (Å²) in [6.07, 6.45) is 2.68. The first kappa shape index (κ1) is 9.05. The molecule has 1 aromatic heterocycles. The molecule has 13 heavy (non-hydrogen) atoms. The number of H-pyrrole nitrogens is 1. The van der Waals surface area contributed by atoms with Crippen molar-refractivity contribution >= 4 is 12.2 Å². The summed E-state index contributed by atoms with van der Waals surface area (Å²) in [4.78, 5) is 24.7. The molecule has 0 radical (unpaired) electrons. The Morgan fingerprint density at radius 1 is 1.31 bits per heavy atom. The lowest BCUT2D eigenvalue weighted by Gasteiger charge is -2.01. The SMILES string of the molecule is C=Cc1[nH]c(=O)n(N)c(=O)c1C=C. The number of hydrogen-bond acceptors (Lipinski definition) is 3. The summed E-state index contributed by atoms with van der Waals surface area (Å²) in [7, 11) is 0. The van der Waals surface area contributed by atoms with Crippen LogP contribution in [-0.2, 0) is 0 Å². The third-order valence-electron chi connectivity index (χ3n) is 1.61. The highest BCUT2D eigenvalue weighted by atomic mass is 16.2. The molecule has 68 valence electrons. The van der Waals surface area contributed by atoms with E-state index in [4.69, 9.17) is 5.84 Å². The van der Waals surface area contributed by atoms with E-state index in [0.29, 0.717) is 10.4 Å². The van der Waals surface area contributed by atoms with E-state index in [1.807, 2.05) is 0 Å². The fraction of sp³-hybridized carbons (Fsp3) is 0. The van der Waals surface area contributed by atoms with Crippen LogP contribution < -0.4 is 17.1 Å². The Balaban J connectivity index is 3.78. The van der Waals surface area contributed by atoms with E-state index < -0.39 is 11.2 Å². The number of nitrogen functional groups attached to an aromatic ring is 1. The molecule has 1 heterocycles. The first-order valence-corrected chi connectivity index (χ1v) is 3.51. The Morgan fingerprint density at radius 3 is 2.38 bits per heavy atom. The Bertz CT molecular complexity index is 467. The number of rotatable bonds is 2. The van der Waals surface area contributed by atoms with Crippen molar-refractivity contribution in [2.45, 2.75) is 0 Å². The number of nitrogens with two attached hydrogens (primary N) is 1. The Hall–Kier alpha value is -2.04. The van der Waals surface area contributed by atoms with E-state index in [0.717, 1.165) is 0 Å². The van der Waals surface area contributed by atoms with Crippen LogP contribution in [0.3, 0.4) is 0 Å². The predicted octanol–water partition coefficient (Wildman–Crippen LogP) is -0.464. The molecule has 0 amide bonds. The zero-order valence-electron chi connectivity index (χ0n) is 6.91. The normalized spacial score (nSPS) is 9.54. The molecular weight excluding hydrogens is 170 g/mol. The van der Waals surface area contributed by atoms with Crippen molar-refractivity contribution in [2.24, 2.45) is 0 Å². The second-order valence-electron chi connectivity index (χ2n) is 2.34. The average molecular weight is 179 g/mol. The third kappa shape index (κ3) is 1.31. The fourth-order valence-corrected chi connectivity index (χ4v) is 0.938. The number of nitrogens with one attached hydrogen (secondary N) is 1. The van der Waals surface area contributed by atoms with Crippen LogP contribution >= 0.6 is 0 Å². The Labute approximate surface area is 73.8 Å². The predicted molar refractivity (Wildman–Crippen MR) is 51.7 cm³/mol. The zero-order chi connectivity index (χ0) is 10.0. The topological polar surface area (TPSA) is 80.9 Å². The molecule has 0 spiro atoms. The lowest BCUT2D eigenvalue weighted by Crippen LogP contribution is -2.42. The maximum atomic E-state index is 11.3. The summed E-state index contributed by atoms with van der Waals surface area (Å²) < 4.78 is 0.490. The molecule has 1 aromatic rings. The summed E-state index contributed by atoms with van der Waals surface area (Å²) in [6.45, 7) is 6.88. The first-order chi connectivity index (χ1) is 6.11. The Morgan fingerprint density at radius 2 is 1.92 bits per heavy atom. The van der Waals surface area contributed by atoms with E-state index in [-0.39, 0.29) is 5.56 Å². The summed E-state index contributed by atoms with van der Waals surface area (Å²) in [6, 6.07) is 0. The lowest BCUT2D eigenvalue weighted by molar-refractivity contribution is 0.826. The van der Waals surface area contributed by atoms with Crippen molar-refractivity contribution in [1.29, 1.82) is 0 Å². The van der Waals surface area contributed by atoms with E-state index in [2.05, 4.69) is 18.1 Å². The van der Waals surface area contributed by atoms with Crippen LogP contribution in [0.1, 0.15) is 11.3 Å². The molecule has 0 aromatic carbocycles. The molecule has 0 saturated carbocycles. The van der Waals surface area contributed by atoms with Gasteiger partial charge < -0.3 is 10.8 Å². The minimum atomic E-state index is -0.675. The van der Waals surface area contributed by atoms with Gasteiger partial charge in [0.1, 0.15) is 0 Å². The minimum Gasteiger partial charge on any atom is -0.332 e. The number of aromatic amines is 1. The zero-order valence-corrected chi connectivity index (χ0v) is 6.91. The second kappa shape index (κ2) is 3.14. The molecule has 0 bridgehead atoms. The first-order valence-electron chi connectivity index (χ1n) is 3.51. The molecule has 1 rings (SSSR count). The van der Waals surface area contributed by atoms with Crippen LogP contribution in [0.4, 0.5) is 0 Å². The average Bonchev–Trinajstić information content (AvgIpc) is 2.13. The highest BCUT2D eigenvalue weighted by Gasteiger charge is 2.06. The molecule has 0 saturated heterocycles. The number of aromatic nitrogens is 2. The molecular formula is C8H9N3O2. The van der Waals surface area contributed by atoms with Crippen molar-refractivity contribution in [3.8, 4) is 0 Å². The molecule has 0 fully saturated rings. The third-order valence-corrected chi connectivity index (χ3v) is 1.61. The highest BCUT2D eigenvalue weighted by Crippen LogP contribution is 1.99. The molecule has 3 N–H and O–H groups in total. The molecule has 0 aliphatic rings. The van der Waals surface area contributed by atoms with E-state index in [1.165, 1.54) is 12.2 Å². The van der Waals surface area contributed by atoms with E-state index >= 15 is 0 Å². The van der Waals surface area contributed by atoms with E-state index in [1.54, 1.807) is 0 Å². The van der Waals surface area contributed by atoms with Crippen LogP contribution in [0.15, 0.2) is 22.7 Å². The van der Waals surface area contributed by atoms with Crippen molar-refractivity contribution in [3.05, 3.63) is 45.3 Å². The Kier molecular flexibility index (Phi) is 2.19. The van der Waals surface area contributed by atoms with Crippen LogP contribution in [-0.4, -0.2) is 9.66 Å². The maximum Gasteiger partial charge on any atom is 0.347 e. The van der Waals surface area contributed by atoms with Gasteiger partial charge in [-0.2, -0.15) is 4.68 Å². The standard InChI is InChI=1S/C8H9N3O2/c1-3-5-6(4-2)10-8(13)11(9)7(5)12/h3-4H,1-2,9H2,(H,10,13). The fourth-order valence-electron chi connectivity index (χ4n) is 0.938. The van der Waals surface area contributed by atoms with Gasteiger partial charge in [-0.1, -0.05) is 19.2 Å². The molecule has 5 nitrogen and oxygen atoms in total. The van der Waals surface area contributed by atoms with Gasteiger partial charge in [-0.3, -0.25) is 4.79 Å². The molecule has 0 aliphatic heterocycles. The molecule has 0 aliphatic carbocycles. The largest absolute Gasteiger partial charge is 0.347 e. The maximum absolute atomic E-state index is 11.3. The van der Waals surface area contributed by atoms with Crippen LogP contribution in [0.5, 0.6) is 0 Å². The quantitative estimate of drug-likeness (QED) is 0.602. The molecule has 5 heteroatoms. The van der Waals surface area contributed by atoms with Gasteiger partial charge >= 0.3 is 5.69 Å². The van der Waals surface area contributed by atoms with Gasteiger partial charge in [0.15, 0.2) is 0 Å². The highest BCUT2D eigenvalue weighted by molar-refractivity contribution is 5.59. The van der Waals surface area contributed by atoms with Crippen molar-refractivity contribution in [3.63, 3.8) is 0 Å². The van der Waals surface area contributed by atoms with E-state index in [9.17, 15) is 9.59 Å². The lowest BCUT2D eigenvalue weighted by atomic mass is 10.2. The van der Waals surface area contributed by atoms with Gasteiger partial charge in [0.2, 0.25) is 0 Å². The molecule has 0 unspecified atom stereocenters. The monoisotopic (exact) mass is 179 g/mol. The van der Waals surface area contributed by atoms with Gasteiger partial charge in [-0.25, -0.2) is 4.79 Å². The van der Waals surface area contributed by atoms with Crippen molar-refractivity contribution in [1.82, 2.24) is 9.66 Å². The summed E-state index contributed by atoms with van der Waals surface area (Å²) in [5.74, 6) is 5.16. The van der Waals surface area contributed by atoms with Gasteiger partial charge in [0.25, 0.3) is 5.56 Å². The minimum absolute atomic E-state index is 0.233. The van der Waals surface area contributed by atoms with Crippen LogP contribution in [0.2, 0.25) is 0 Å². The smallest absolute Gasteiger partial charge is 0.332 e. The van der Waals surface area contributed by atoms with Gasteiger partial charge in [0, 0.05) is 0 Å². The van der Waals surface area contributed by atoms with Crippen LogP contribution in [0, 0.1) is 0 Å². The summed E-state index contributed by atoms with van der Waals surface area (Å²) in [5, 5.41) is 0. The summed E-state index contributed by atoms with van der Waals surface area (Å²) in [5.41, 5.74) is -0.706. The number of nitrogens with zero attached hydrogens (tertiary/aromatic N) is 1. The van der Waals surface area contributed by atoms with Crippen molar-refractivity contribution in [2.75, 3.05) is 5.84 Å².